The molecule has 10 heteroatoms. The summed E-state index contributed by atoms with van der Waals surface area (Å²) in [6, 6.07) is -2.30. The number of hydrogen-bond acceptors (Lipinski definition) is 5. The Morgan fingerprint density at radius 3 is 2.57 bits per heavy atom. The number of aliphatic carboxylic acids is 1. The monoisotopic (exact) mass is 319 g/mol. The molecule has 2 saturated heterocycles. The van der Waals surface area contributed by atoms with Crippen LogP contribution in [-0.4, -0.2) is 84.5 Å². The van der Waals surface area contributed by atoms with E-state index in [9.17, 15) is 22.8 Å². The zero-order chi connectivity index (χ0) is 15.8. The minimum absolute atomic E-state index is 0.00674. The Morgan fingerprint density at radius 1 is 1.33 bits per heavy atom. The van der Waals surface area contributed by atoms with Crippen molar-refractivity contribution in [2.45, 2.75) is 19.0 Å². The maximum Gasteiger partial charge on any atom is 0.328 e. The summed E-state index contributed by atoms with van der Waals surface area (Å²) in [6.45, 7) is 1.10. The largest absolute Gasteiger partial charge is 0.480 e. The van der Waals surface area contributed by atoms with Crippen molar-refractivity contribution in [3.63, 3.8) is 0 Å². The smallest absolute Gasteiger partial charge is 0.328 e. The average Bonchev–Trinajstić information content (AvgIpc) is 2.36. The number of piperazine rings is 1. The first-order chi connectivity index (χ1) is 9.71. The number of urea groups is 1. The molecule has 0 aromatic rings. The van der Waals surface area contributed by atoms with E-state index in [0.717, 1.165) is 4.90 Å². The van der Waals surface area contributed by atoms with Crippen molar-refractivity contribution in [1.29, 1.82) is 0 Å². The SMILES string of the molecule is CC1CS(=O)(=O)CCN1C(=O)N1CC(=O)NCC1C(=O)O. The van der Waals surface area contributed by atoms with Crippen LogP contribution in [0.5, 0.6) is 0 Å². The van der Waals surface area contributed by atoms with E-state index in [0.29, 0.717) is 0 Å². The fourth-order valence-corrected chi connectivity index (χ4v) is 4.07. The maximum atomic E-state index is 12.4. The molecule has 21 heavy (non-hydrogen) atoms. The zero-order valence-electron chi connectivity index (χ0n) is 11.5. The topological polar surface area (TPSA) is 124 Å². The van der Waals surface area contributed by atoms with Crippen molar-refractivity contribution in [2.75, 3.05) is 31.1 Å². The van der Waals surface area contributed by atoms with Gasteiger partial charge in [0.1, 0.15) is 12.6 Å². The minimum Gasteiger partial charge on any atom is -0.480 e. The van der Waals surface area contributed by atoms with Gasteiger partial charge in [-0.05, 0) is 6.92 Å². The van der Waals surface area contributed by atoms with Crippen molar-refractivity contribution in [1.82, 2.24) is 15.1 Å². The molecule has 9 nitrogen and oxygen atoms in total. The number of sulfone groups is 1. The fraction of sp³-hybridized carbons (Fsp3) is 0.727. The van der Waals surface area contributed by atoms with Gasteiger partial charge in [0.05, 0.1) is 11.5 Å². The van der Waals surface area contributed by atoms with Crippen LogP contribution in [0.3, 0.4) is 0 Å². The van der Waals surface area contributed by atoms with Crippen molar-refractivity contribution >= 4 is 27.7 Å². The molecule has 3 amide bonds. The van der Waals surface area contributed by atoms with E-state index >= 15 is 0 Å². The van der Waals surface area contributed by atoms with Crippen molar-refractivity contribution in [3.05, 3.63) is 0 Å². The molecular formula is C11H17N3O6S. The second-order valence-corrected chi connectivity index (χ2v) is 7.45. The van der Waals surface area contributed by atoms with Gasteiger partial charge in [-0.25, -0.2) is 18.0 Å². The van der Waals surface area contributed by atoms with E-state index in [-0.39, 0.29) is 31.1 Å². The molecule has 0 radical (unpaired) electrons. The lowest BCUT2D eigenvalue weighted by molar-refractivity contribution is -0.144. The lowest BCUT2D eigenvalue weighted by atomic mass is 10.2. The Kier molecular flexibility index (Phi) is 4.08. The summed E-state index contributed by atoms with van der Waals surface area (Å²) in [5.74, 6) is -1.95. The molecule has 118 valence electrons. The highest BCUT2D eigenvalue weighted by Crippen LogP contribution is 2.16. The molecule has 0 bridgehead atoms. The van der Waals surface area contributed by atoms with Crippen LogP contribution in [0.15, 0.2) is 0 Å². The Bertz CT molecular complexity index is 575. The molecule has 0 spiro atoms. The van der Waals surface area contributed by atoms with Gasteiger partial charge >= 0.3 is 12.0 Å². The number of rotatable bonds is 1. The van der Waals surface area contributed by atoms with Crippen LogP contribution in [0.4, 0.5) is 4.79 Å². The molecule has 0 saturated carbocycles. The molecule has 2 atom stereocenters. The normalized spacial score (nSPS) is 28.9. The Morgan fingerprint density at radius 2 is 2.00 bits per heavy atom. The van der Waals surface area contributed by atoms with E-state index in [1.165, 1.54) is 4.90 Å². The van der Waals surface area contributed by atoms with Gasteiger partial charge in [-0.1, -0.05) is 0 Å². The lowest BCUT2D eigenvalue weighted by Crippen LogP contribution is -2.64. The maximum absolute atomic E-state index is 12.4. The summed E-state index contributed by atoms with van der Waals surface area (Å²) < 4.78 is 23.0. The Balaban J connectivity index is 2.17. The Hall–Kier alpha value is -1.84. The number of carboxylic acids is 1. The van der Waals surface area contributed by atoms with Gasteiger partial charge in [0.2, 0.25) is 5.91 Å². The molecule has 2 fully saturated rings. The van der Waals surface area contributed by atoms with Crippen LogP contribution in [0.1, 0.15) is 6.92 Å². The third-order valence-corrected chi connectivity index (χ3v) is 5.42. The summed E-state index contributed by atoms with van der Waals surface area (Å²) in [6.07, 6.45) is 0. The van der Waals surface area contributed by atoms with Gasteiger partial charge in [-0.3, -0.25) is 9.69 Å². The van der Waals surface area contributed by atoms with E-state index in [4.69, 9.17) is 5.11 Å². The van der Waals surface area contributed by atoms with Gasteiger partial charge in [0.15, 0.2) is 9.84 Å². The van der Waals surface area contributed by atoms with Gasteiger partial charge in [0, 0.05) is 19.1 Å². The fourth-order valence-electron chi connectivity index (χ4n) is 2.51. The second-order valence-electron chi connectivity index (χ2n) is 5.23. The van der Waals surface area contributed by atoms with Crippen LogP contribution in [0.25, 0.3) is 0 Å². The van der Waals surface area contributed by atoms with E-state index < -0.39 is 39.8 Å². The molecule has 0 aliphatic carbocycles. The average molecular weight is 319 g/mol. The Labute approximate surface area is 121 Å². The van der Waals surface area contributed by atoms with Crippen molar-refractivity contribution in [3.8, 4) is 0 Å². The molecule has 0 aromatic heterocycles. The molecule has 0 aromatic carbocycles. The number of nitrogens with zero attached hydrogens (tertiary/aromatic N) is 2. The number of carbonyl (C=O) groups excluding carboxylic acids is 2. The van der Waals surface area contributed by atoms with Crippen LogP contribution >= 0.6 is 0 Å². The second kappa shape index (κ2) is 5.51. The summed E-state index contributed by atoms with van der Waals surface area (Å²) in [4.78, 5) is 37.3. The summed E-state index contributed by atoms with van der Waals surface area (Å²) in [7, 11) is -3.18. The van der Waals surface area contributed by atoms with Crippen LogP contribution < -0.4 is 5.32 Å². The summed E-state index contributed by atoms with van der Waals surface area (Å²) >= 11 is 0. The van der Waals surface area contributed by atoms with Crippen LogP contribution in [-0.2, 0) is 19.4 Å². The minimum atomic E-state index is -3.18. The molecule has 2 N–H and O–H groups in total. The first-order valence-corrected chi connectivity index (χ1v) is 8.30. The highest BCUT2D eigenvalue weighted by atomic mass is 32.2. The van der Waals surface area contributed by atoms with E-state index in [2.05, 4.69) is 5.32 Å². The molecule has 2 unspecified atom stereocenters. The van der Waals surface area contributed by atoms with Gasteiger partial charge in [-0.15, -0.1) is 0 Å². The first kappa shape index (κ1) is 15.5. The van der Waals surface area contributed by atoms with Crippen molar-refractivity contribution in [2.24, 2.45) is 0 Å². The van der Waals surface area contributed by atoms with Crippen LogP contribution in [0.2, 0.25) is 0 Å². The number of carboxylic acid groups (broad SMARTS) is 1. The highest BCUT2D eigenvalue weighted by Gasteiger charge is 2.40. The molecule has 2 aliphatic heterocycles. The predicted octanol–water partition coefficient (Wildman–Crippen LogP) is -1.89. The summed E-state index contributed by atoms with van der Waals surface area (Å²) in [5.41, 5.74) is 0. The number of amides is 3. The van der Waals surface area contributed by atoms with Gasteiger partial charge in [0.25, 0.3) is 0 Å². The molecule has 2 heterocycles. The standard InChI is InChI=1S/C11H17N3O6S/c1-7-6-21(19,20)3-2-13(7)11(18)14-5-9(15)12-4-8(14)10(16)17/h7-8H,2-6H2,1H3,(H,12,15)(H,16,17). The van der Waals surface area contributed by atoms with E-state index in [1.807, 2.05) is 0 Å². The number of carbonyl (C=O) groups is 3. The van der Waals surface area contributed by atoms with E-state index in [1.54, 1.807) is 6.92 Å². The molecular weight excluding hydrogens is 302 g/mol. The quantitative estimate of drug-likeness (QED) is 0.582. The molecule has 2 rings (SSSR count). The third kappa shape index (κ3) is 3.26. The lowest BCUT2D eigenvalue weighted by Gasteiger charge is -2.40. The van der Waals surface area contributed by atoms with Crippen LogP contribution in [0, 0.1) is 0 Å². The number of hydrogen-bond donors (Lipinski definition) is 2. The van der Waals surface area contributed by atoms with Gasteiger partial charge < -0.3 is 15.3 Å². The van der Waals surface area contributed by atoms with Gasteiger partial charge in [-0.2, -0.15) is 0 Å². The third-order valence-electron chi connectivity index (χ3n) is 3.63. The highest BCUT2D eigenvalue weighted by molar-refractivity contribution is 7.91. The zero-order valence-corrected chi connectivity index (χ0v) is 12.3. The molecule has 2 aliphatic rings. The first-order valence-electron chi connectivity index (χ1n) is 6.48. The number of nitrogens with one attached hydrogen (secondary N) is 1. The van der Waals surface area contributed by atoms with Crippen molar-refractivity contribution < 1.29 is 27.9 Å². The predicted molar refractivity (Wildman–Crippen MR) is 71.4 cm³/mol. The summed E-state index contributed by atoms with van der Waals surface area (Å²) in [5, 5.41) is 11.5.